The van der Waals surface area contributed by atoms with Crippen LogP contribution in [0.15, 0.2) is 6.20 Å². The Morgan fingerprint density at radius 2 is 1.95 bits per heavy atom. The first-order valence-electron chi connectivity index (χ1n) is 6.31. The van der Waals surface area contributed by atoms with Gasteiger partial charge in [-0.15, -0.1) is 0 Å². The first kappa shape index (κ1) is 14.6. The number of nitrogens with one attached hydrogen (secondary N) is 1. The minimum atomic E-state index is -0.242. The van der Waals surface area contributed by atoms with Gasteiger partial charge in [-0.1, -0.05) is 11.6 Å². The Labute approximate surface area is 122 Å². The second-order valence-electron chi connectivity index (χ2n) is 4.91. The average Bonchev–Trinajstić information content (AvgIpc) is 2.79. The van der Waals surface area contributed by atoms with Crippen molar-refractivity contribution in [3.63, 3.8) is 0 Å². The Morgan fingerprint density at radius 1 is 1.30 bits per heavy atom. The lowest BCUT2D eigenvalue weighted by molar-refractivity contribution is 0.0930. The van der Waals surface area contributed by atoms with Crippen LogP contribution in [0.3, 0.4) is 0 Å². The lowest BCUT2D eigenvalue weighted by Gasteiger charge is -2.13. The van der Waals surface area contributed by atoms with Crippen molar-refractivity contribution in [3.05, 3.63) is 33.9 Å². The smallest absolute Gasteiger partial charge is 0.271 e. The summed E-state index contributed by atoms with van der Waals surface area (Å²) in [6.07, 6.45) is 1.90. The van der Waals surface area contributed by atoms with Crippen molar-refractivity contribution in [1.82, 2.24) is 24.9 Å². The summed E-state index contributed by atoms with van der Waals surface area (Å²) in [6, 6.07) is -0.150. The molecule has 1 N–H and O–H groups in total. The van der Waals surface area contributed by atoms with Gasteiger partial charge < -0.3 is 5.32 Å². The number of aromatic nitrogens is 4. The summed E-state index contributed by atoms with van der Waals surface area (Å²) in [6.45, 7) is 5.60. The van der Waals surface area contributed by atoms with Crippen molar-refractivity contribution >= 4 is 17.5 Å². The van der Waals surface area contributed by atoms with Gasteiger partial charge in [0.15, 0.2) is 0 Å². The molecule has 0 aliphatic carbocycles. The number of nitrogens with zero attached hydrogens (tertiary/aromatic N) is 4. The Kier molecular flexibility index (Phi) is 3.85. The highest BCUT2D eigenvalue weighted by Crippen LogP contribution is 2.21. The normalized spacial score (nSPS) is 12.5. The predicted octanol–water partition coefficient (Wildman–Crippen LogP) is 1.91. The summed E-state index contributed by atoms with van der Waals surface area (Å²) in [7, 11) is 3.56. The fourth-order valence-electron chi connectivity index (χ4n) is 2.26. The second kappa shape index (κ2) is 5.28. The maximum Gasteiger partial charge on any atom is 0.271 e. The van der Waals surface area contributed by atoms with Crippen LogP contribution in [0.4, 0.5) is 0 Å². The van der Waals surface area contributed by atoms with Crippen LogP contribution in [0, 0.1) is 13.8 Å². The Bertz CT molecular complexity index is 658. The molecular formula is C13H18ClN5O. The molecule has 0 spiro atoms. The molecular weight excluding hydrogens is 278 g/mol. The van der Waals surface area contributed by atoms with E-state index in [1.807, 2.05) is 27.1 Å². The minimum absolute atomic E-state index is 0.150. The van der Waals surface area contributed by atoms with E-state index in [-0.39, 0.29) is 11.9 Å². The topological polar surface area (TPSA) is 64.7 Å². The van der Waals surface area contributed by atoms with Crippen LogP contribution in [0.1, 0.15) is 40.4 Å². The number of carbonyl (C=O) groups excluding carboxylic acids is 1. The predicted molar refractivity (Wildman–Crippen MR) is 76.8 cm³/mol. The Balaban J connectivity index is 2.21. The Morgan fingerprint density at radius 3 is 2.40 bits per heavy atom. The van der Waals surface area contributed by atoms with Gasteiger partial charge in [0, 0.05) is 25.9 Å². The fourth-order valence-corrected chi connectivity index (χ4v) is 2.51. The molecule has 2 heterocycles. The molecule has 20 heavy (non-hydrogen) atoms. The molecule has 2 aromatic rings. The molecule has 2 rings (SSSR count). The highest BCUT2D eigenvalue weighted by atomic mass is 35.5. The maximum absolute atomic E-state index is 12.3. The van der Waals surface area contributed by atoms with E-state index in [1.165, 1.54) is 4.68 Å². The molecule has 0 aliphatic rings. The summed E-state index contributed by atoms with van der Waals surface area (Å²) < 4.78 is 3.23. The van der Waals surface area contributed by atoms with Crippen LogP contribution in [-0.4, -0.2) is 25.5 Å². The molecule has 2 aromatic heterocycles. The van der Waals surface area contributed by atoms with Gasteiger partial charge in [0.2, 0.25) is 0 Å². The number of hydrogen-bond donors (Lipinski definition) is 1. The van der Waals surface area contributed by atoms with Gasteiger partial charge in [-0.05, 0) is 20.8 Å². The standard InChI is InChI=1S/C13H18ClN5O/c1-7(10-6-18(4)16-8(10)2)15-13(20)12-11(14)9(3)17-19(12)5/h6-7H,1-5H3,(H,15,20)/t7-/m0/s1. The molecule has 7 heteroatoms. The van der Waals surface area contributed by atoms with E-state index >= 15 is 0 Å². The van der Waals surface area contributed by atoms with Crippen LogP contribution < -0.4 is 5.32 Å². The summed E-state index contributed by atoms with van der Waals surface area (Å²) in [5.41, 5.74) is 2.89. The monoisotopic (exact) mass is 295 g/mol. The molecule has 0 saturated carbocycles. The third-order valence-electron chi connectivity index (χ3n) is 3.23. The van der Waals surface area contributed by atoms with E-state index < -0.39 is 0 Å². The van der Waals surface area contributed by atoms with Crippen molar-refractivity contribution in [2.24, 2.45) is 14.1 Å². The van der Waals surface area contributed by atoms with E-state index in [9.17, 15) is 4.79 Å². The van der Waals surface area contributed by atoms with Gasteiger partial charge in [0.25, 0.3) is 5.91 Å². The number of hydrogen-bond acceptors (Lipinski definition) is 3. The van der Waals surface area contributed by atoms with Crippen molar-refractivity contribution in [1.29, 1.82) is 0 Å². The number of aryl methyl sites for hydroxylation is 4. The van der Waals surface area contributed by atoms with Gasteiger partial charge >= 0.3 is 0 Å². The number of amides is 1. The summed E-state index contributed by atoms with van der Waals surface area (Å²) in [4.78, 5) is 12.3. The lowest BCUT2D eigenvalue weighted by atomic mass is 10.1. The van der Waals surface area contributed by atoms with Crippen molar-refractivity contribution in [2.75, 3.05) is 0 Å². The third-order valence-corrected chi connectivity index (χ3v) is 3.68. The number of carbonyl (C=O) groups is 1. The van der Waals surface area contributed by atoms with Crippen LogP contribution >= 0.6 is 11.6 Å². The Hall–Kier alpha value is -1.82. The third kappa shape index (κ3) is 2.56. The summed E-state index contributed by atoms with van der Waals surface area (Å²) >= 11 is 6.11. The minimum Gasteiger partial charge on any atom is -0.344 e. The summed E-state index contributed by atoms with van der Waals surface area (Å²) in [5, 5.41) is 11.7. The molecule has 0 unspecified atom stereocenters. The van der Waals surface area contributed by atoms with E-state index in [2.05, 4.69) is 15.5 Å². The second-order valence-corrected chi connectivity index (χ2v) is 5.29. The molecule has 0 aromatic carbocycles. The van der Waals surface area contributed by atoms with Gasteiger partial charge in [0.05, 0.1) is 22.5 Å². The molecule has 0 saturated heterocycles. The number of halogens is 1. The molecule has 0 bridgehead atoms. The lowest BCUT2D eigenvalue weighted by Crippen LogP contribution is -2.28. The first-order chi connectivity index (χ1) is 9.31. The number of rotatable bonds is 3. The van der Waals surface area contributed by atoms with Gasteiger partial charge in [0.1, 0.15) is 5.69 Å². The molecule has 0 radical (unpaired) electrons. The zero-order valence-electron chi connectivity index (χ0n) is 12.2. The zero-order valence-corrected chi connectivity index (χ0v) is 13.0. The molecule has 1 atom stereocenters. The largest absolute Gasteiger partial charge is 0.344 e. The van der Waals surface area contributed by atoms with E-state index in [0.717, 1.165) is 11.3 Å². The van der Waals surface area contributed by atoms with Crippen LogP contribution in [0.2, 0.25) is 5.02 Å². The zero-order chi connectivity index (χ0) is 15.0. The molecule has 0 fully saturated rings. The fraction of sp³-hybridized carbons (Fsp3) is 0.462. The highest BCUT2D eigenvalue weighted by molar-refractivity contribution is 6.34. The van der Waals surface area contributed by atoms with Crippen LogP contribution in [-0.2, 0) is 14.1 Å². The van der Waals surface area contributed by atoms with Crippen LogP contribution in [0.5, 0.6) is 0 Å². The van der Waals surface area contributed by atoms with Gasteiger partial charge in [-0.25, -0.2) is 0 Å². The van der Waals surface area contributed by atoms with E-state index in [0.29, 0.717) is 16.4 Å². The SMILES string of the molecule is Cc1nn(C)cc1[C@H](C)NC(=O)c1c(Cl)c(C)nn1C. The molecule has 108 valence electrons. The quantitative estimate of drug-likeness (QED) is 0.941. The molecule has 0 aliphatic heterocycles. The van der Waals surface area contributed by atoms with Crippen LogP contribution in [0.25, 0.3) is 0 Å². The van der Waals surface area contributed by atoms with Crippen molar-refractivity contribution < 1.29 is 4.79 Å². The highest BCUT2D eigenvalue weighted by Gasteiger charge is 2.21. The van der Waals surface area contributed by atoms with Crippen molar-refractivity contribution in [3.8, 4) is 0 Å². The average molecular weight is 296 g/mol. The molecule has 1 amide bonds. The van der Waals surface area contributed by atoms with Crippen molar-refractivity contribution in [2.45, 2.75) is 26.8 Å². The molecule has 6 nitrogen and oxygen atoms in total. The maximum atomic E-state index is 12.3. The first-order valence-corrected chi connectivity index (χ1v) is 6.69. The summed E-state index contributed by atoms with van der Waals surface area (Å²) in [5.74, 6) is -0.242. The van der Waals surface area contributed by atoms with Gasteiger partial charge in [-0.2, -0.15) is 10.2 Å². The van der Waals surface area contributed by atoms with E-state index in [4.69, 9.17) is 11.6 Å². The van der Waals surface area contributed by atoms with E-state index in [1.54, 1.807) is 18.7 Å². The van der Waals surface area contributed by atoms with Gasteiger partial charge in [-0.3, -0.25) is 14.2 Å².